The zero-order chi connectivity index (χ0) is 27.9. The highest BCUT2D eigenvalue weighted by molar-refractivity contribution is 5.85. The van der Waals surface area contributed by atoms with Crippen molar-refractivity contribution in [2.45, 2.75) is 39.5 Å². The van der Waals surface area contributed by atoms with Crippen LogP contribution in [0.15, 0.2) is 101 Å². The summed E-state index contributed by atoms with van der Waals surface area (Å²) >= 11 is 0. The Labute approximate surface area is 235 Å². The minimum atomic E-state index is 0.176. The molecule has 0 aliphatic heterocycles. The van der Waals surface area contributed by atoms with Crippen LogP contribution in [0, 0.1) is 6.07 Å². The number of aromatic nitrogens is 4. The van der Waals surface area contributed by atoms with Gasteiger partial charge in [0.25, 0.3) is 0 Å². The van der Waals surface area contributed by atoms with E-state index in [9.17, 15) is 0 Å². The third-order valence-corrected chi connectivity index (χ3v) is 6.40. The van der Waals surface area contributed by atoms with Crippen LogP contribution in [0.25, 0.3) is 22.8 Å². The number of rotatable bonds is 8. The summed E-state index contributed by atoms with van der Waals surface area (Å²) in [6.07, 6.45) is 7.15. The van der Waals surface area contributed by atoms with Crippen LogP contribution in [-0.4, -0.2) is 32.4 Å². The summed E-state index contributed by atoms with van der Waals surface area (Å²) in [5.41, 5.74) is 8.61. The van der Waals surface area contributed by atoms with Crippen LogP contribution in [0.1, 0.15) is 62.0 Å². The molecule has 0 fully saturated rings. The predicted molar refractivity (Wildman–Crippen MR) is 163 cm³/mol. The zero-order valence-electron chi connectivity index (χ0n) is 23.2. The molecular formula is C34H31N6. The fourth-order valence-corrected chi connectivity index (χ4v) is 4.42. The normalized spacial score (nSPS) is 11.8. The molecule has 0 unspecified atom stereocenters. The van der Waals surface area contributed by atoms with Crippen molar-refractivity contribution < 1.29 is 0 Å². The maximum absolute atomic E-state index is 5.00. The van der Waals surface area contributed by atoms with E-state index in [2.05, 4.69) is 43.7 Å². The molecule has 4 aromatic heterocycles. The maximum atomic E-state index is 5.00. The quantitative estimate of drug-likeness (QED) is 0.192. The molecule has 197 valence electrons. The van der Waals surface area contributed by atoms with Crippen LogP contribution in [0.3, 0.4) is 0 Å². The number of hydrogen-bond acceptors (Lipinski definition) is 6. The number of benzene rings is 1. The van der Waals surface area contributed by atoms with E-state index in [0.29, 0.717) is 0 Å². The van der Waals surface area contributed by atoms with Crippen molar-refractivity contribution in [1.29, 1.82) is 0 Å². The average Bonchev–Trinajstić information content (AvgIpc) is 2.99. The third kappa shape index (κ3) is 6.24. The van der Waals surface area contributed by atoms with Crippen LogP contribution in [-0.2, 0) is 0 Å². The molecule has 0 aliphatic rings. The lowest BCUT2D eigenvalue weighted by Crippen LogP contribution is -1.98. The van der Waals surface area contributed by atoms with E-state index in [1.165, 1.54) is 0 Å². The Morgan fingerprint density at radius 3 is 1.68 bits per heavy atom. The Hall–Kier alpha value is -4.84. The van der Waals surface area contributed by atoms with Gasteiger partial charge in [-0.05, 0) is 72.0 Å². The summed E-state index contributed by atoms with van der Waals surface area (Å²) in [6, 6.07) is 28.8. The molecule has 4 heterocycles. The molecule has 0 saturated heterocycles. The highest BCUT2D eigenvalue weighted by Gasteiger charge is 2.18. The van der Waals surface area contributed by atoms with Crippen LogP contribution >= 0.6 is 0 Å². The number of aliphatic imine (C=N–C) groups is 2. The van der Waals surface area contributed by atoms with Gasteiger partial charge >= 0.3 is 0 Å². The average molecular weight is 524 g/mol. The first kappa shape index (κ1) is 26.8. The standard InChI is InChI=1S/C34H31N6/c1-23(2)27-17-18-32(37-21-25-11-9-15-30(39-25)28-13-5-7-19-35-28)33(24(3)4)34(27)38-22-26-12-10-16-31(40-26)29-14-6-8-20-36-29/h5-17,19-24H,1-4H3. The molecule has 0 saturated carbocycles. The fourth-order valence-electron chi connectivity index (χ4n) is 4.42. The molecule has 6 nitrogen and oxygen atoms in total. The van der Waals surface area contributed by atoms with E-state index in [1.807, 2.05) is 85.1 Å². The van der Waals surface area contributed by atoms with Gasteiger partial charge in [0.05, 0.1) is 58.0 Å². The van der Waals surface area contributed by atoms with Crippen molar-refractivity contribution in [2.24, 2.45) is 9.98 Å². The van der Waals surface area contributed by atoms with Crippen molar-refractivity contribution >= 4 is 23.8 Å². The summed E-state index contributed by atoms with van der Waals surface area (Å²) in [6.45, 7) is 8.65. The first-order valence-electron chi connectivity index (χ1n) is 13.4. The third-order valence-electron chi connectivity index (χ3n) is 6.40. The first-order valence-corrected chi connectivity index (χ1v) is 13.4. The lowest BCUT2D eigenvalue weighted by atomic mass is 9.91. The topological polar surface area (TPSA) is 76.3 Å². The van der Waals surface area contributed by atoms with Gasteiger partial charge in [0.1, 0.15) is 0 Å². The zero-order valence-corrected chi connectivity index (χ0v) is 23.2. The Morgan fingerprint density at radius 1 is 0.625 bits per heavy atom. The minimum absolute atomic E-state index is 0.176. The highest BCUT2D eigenvalue weighted by Crippen LogP contribution is 2.40. The van der Waals surface area contributed by atoms with Gasteiger partial charge in [-0.3, -0.25) is 20.0 Å². The Balaban J connectivity index is 1.51. The van der Waals surface area contributed by atoms with Crippen molar-refractivity contribution in [2.75, 3.05) is 0 Å². The number of pyridine rings is 4. The van der Waals surface area contributed by atoms with Gasteiger partial charge in [0.2, 0.25) is 0 Å². The second kappa shape index (κ2) is 12.3. The van der Waals surface area contributed by atoms with E-state index in [1.54, 1.807) is 18.6 Å². The number of hydrogen-bond donors (Lipinski definition) is 0. The maximum Gasteiger partial charge on any atom is 0.0894 e. The Kier molecular flexibility index (Phi) is 8.26. The second-order valence-electron chi connectivity index (χ2n) is 10.0. The van der Waals surface area contributed by atoms with Gasteiger partial charge < -0.3 is 0 Å². The summed E-state index contributed by atoms with van der Waals surface area (Å²) in [4.78, 5) is 28.2. The molecule has 0 amide bonds. The van der Waals surface area contributed by atoms with Crippen LogP contribution < -0.4 is 0 Å². The van der Waals surface area contributed by atoms with Crippen molar-refractivity contribution in [3.05, 3.63) is 120 Å². The second-order valence-corrected chi connectivity index (χ2v) is 10.0. The van der Waals surface area contributed by atoms with Gasteiger partial charge in [-0.25, -0.2) is 9.97 Å². The van der Waals surface area contributed by atoms with Crippen LogP contribution in [0.5, 0.6) is 0 Å². The van der Waals surface area contributed by atoms with Crippen LogP contribution in [0.4, 0.5) is 11.4 Å². The van der Waals surface area contributed by atoms with Gasteiger partial charge in [0, 0.05) is 24.0 Å². The van der Waals surface area contributed by atoms with Crippen LogP contribution in [0.2, 0.25) is 0 Å². The first-order chi connectivity index (χ1) is 19.5. The molecule has 0 atom stereocenters. The molecule has 6 heteroatoms. The molecule has 40 heavy (non-hydrogen) atoms. The largest absolute Gasteiger partial charge is 0.255 e. The summed E-state index contributed by atoms with van der Waals surface area (Å²) in [5.74, 6) is 0.443. The highest BCUT2D eigenvalue weighted by atomic mass is 14.8. The van der Waals surface area contributed by atoms with Gasteiger partial charge in [-0.2, -0.15) is 0 Å². The van der Waals surface area contributed by atoms with Gasteiger partial charge in [-0.15, -0.1) is 0 Å². The summed E-state index contributed by atoms with van der Waals surface area (Å²) in [5, 5.41) is 0. The summed E-state index contributed by atoms with van der Waals surface area (Å²) in [7, 11) is 0. The fraction of sp³-hybridized carbons (Fsp3) is 0.176. The smallest absolute Gasteiger partial charge is 0.0894 e. The molecule has 0 spiro atoms. The molecule has 0 N–H and O–H groups in total. The van der Waals surface area contributed by atoms with E-state index in [4.69, 9.17) is 20.0 Å². The van der Waals surface area contributed by atoms with Crippen molar-refractivity contribution in [3.63, 3.8) is 0 Å². The minimum Gasteiger partial charge on any atom is -0.255 e. The summed E-state index contributed by atoms with van der Waals surface area (Å²) < 4.78 is 0. The SMILES string of the molecule is CC(C)c1c[c]c(N=Cc2cccc(-c3ccccn3)n2)c(C(C)C)c1N=Cc1cccc(-c2ccccn2)n1. The lowest BCUT2D eigenvalue weighted by Gasteiger charge is -2.18. The van der Waals surface area contributed by atoms with Gasteiger partial charge in [0.15, 0.2) is 0 Å². The number of nitrogens with zero attached hydrogens (tertiary/aromatic N) is 6. The monoisotopic (exact) mass is 523 g/mol. The van der Waals surface area contributed by atoms with E-state index in [0.717, 1.165) is 56.7 Å². The van der Waals surface area contributed by atoms with E-state index in [-0.39, 0.29) is 11.8 Å². The van der Waals surface area contributed by atoms with Crippen molar-refractivity contribution in [3.8, 4) is 22.8 Å². The molecule has 0 bridgehead atoms. The van der Waals surface area contributed by atoms with E-state index >= 15 is 0 Å². The molecule has 5 rings (SSSR count). The molecule has 1 radical (unpaired) electrons. The Morgan fingerprint density at radius 2 is 1.18 bits per heavy atom. The lowest BCUT2D eigenvalue weighted by molar-refractivity contribution is 0.835. The van der Waals surface area contributed by atoms with Gasteiger partial charge in [-0.1, -0.05) is 52.0 Å². The van der Waals surface area contributed by atoms with Crippen molar-refractivity contribution in [1.82, 2.24) is 19.9 Å². The Bertz CT molecular complexity index is 1640. The molecular weight excluding hydrogens is 492 g/mol. The van der Waals surface area contributed by atoms with E-state index < -0.39 is 0 Å². The molecule has 0 aliphatic carbocycles. The predicted octanol–water partition coefficient (Wildman–Crippen LogP) is 8.15. The molecule has 1 aromatic carbocycles. The molecule has 5 aromatic rings.